The normalized spacial score (nSPS) is 23.5. The van der Waals surface area contributed by atoms with Crippen LogP contribution in [0.3, 0.4) is 0 Å². The third kappa shape index (κ3) is 5.08. The van der Waals surface area contributed by atoms with Gasteiger partial charge in [-0.1, -0.05) is 66.7 Å². The Balaban J connectivity index is 1.38. The van der Waals surface area contributed by atoms with Crippen LogP contribution in [0.15, 0.2) is 91.0 Å². The maximum Gasteiger partial charge on any atom is 0.329 e. The average Bonchev–Trinajstić information content (AvgIpc) is 2.89. The minimum Gasteiger partial charge on any atom is -0.480 e. The molecule has 1 aliphatic heterocycles. The van der Waals surface area contributed by atoms with Gasteiger partial charge in [-0.05, 0) is 60.9 Å². The van der Waals surface area contributed by atoms with Gasteiger partial charge in [-0.25, -0.2) is 9.59 Å². The number of hydrogen-bond acceptors (Lipinski definition) is 3. The Hall–Kier alpha value is -3.64. The number of carbonyl (C=O) groups is 2. The standard InChI is InChI=1S/C29H30N2O4/c32-28(33)27-23-16-22(17-26(18-23)35-20-21-10-4-1-5-11-21)19-30(27)29(34)31(24-12-6-2-7-13-24)25-14-8-3-9-15-25/h1-15,22-23,26-27H,16-20H2,(H,32,33)/t22?,23?,26?,27-/m0/s1. The van der Waals surface area contributed by atoms with E-state index in [1.165, 1.54) is 0 Å². The number of carboxylic acid groups (broad SMARTS) is 1. The maximum absolute atomic E-state index is 14.0. The van der Waals surface area contributed by atoms with Crippen molar-refractivity contribution in [2.45, 2.75) is 38.0 Å². The molecule has 1 aliphatic carbocycles. The molecule has 5 rings (SSSR count). The van der Waals surface area contributed by atoms with Gasteiger partial charge in [-0.3, -0.25) is 4.90 Å². The summed E-state index contributed by atoms with van der Waals surface area (Å²) < 4.78 is 6.21. The number of piperidine rings is 1. The van der Waals surface area contributed by atoms with Gasteiger partial charge in [0.05, 0.1) is 24.1 Å². The Morgan fingerprint density at radius 3 is 1.97 bits per heavy atom. The highest BCUT2D eigenvalue weighted by atomic mass is 16.5. The number of benzene rings is 3. The number of anilines is 2. The van der Waals surface area contributed by atoms with Crippen molar-refractivity contribution in [3.63, 3.8) is 0 Å². The van der Waals surface area contributed by atoms with E-state index in [-0.39, 0.29) is 24.0 Å². The van der Waals surface area contributed by atoms with E-state index < -0.39 is 12.0 Å². The largest absolute Gasteiger partial charge is 0.480 e. The molecule has 3 aromatic carbocycles. The van der Waals surface area contributed by atoms with Crippen LogP contribution >= 0.6 is 0 Å². The quantitative estimate of drug-likeness (QED) is 0.501. The highest BCUT2D eigenvalue weighted by Gasteiger charge is 2.48. The minimum absolute atomic E-state index is 0.00240. The van der Waals surface area contributed by atoms with Gasteiger partial charge < -0.3 is 14.7 Å². The second kappa shape index (κ2) is 10.3. The van der Waals surface area contributed by atoms with Crippen LogP contribution in [-0.4, -0.2) is 40.7 Å². The molecule has 1 N–H and O–H groups in total. The summed E-state index contributed by atoms with van der Waals surface area (Å²) in [6.45, 7) is 0.925. The SMILES string of the molecule is O=C(O)[C@@H]1C2CC(CC(OCc3ccccc3)C2)CN1C(=O)N(c1ccccc1)c1ccccc1. The molecule has 2 fully saturated rings. The summed E-state index contributed by atoms with van der Waals surface area (Å²) >= 11 is 0. The Kier molecular flexibility index (Phi) is 6.82. The molecule has 180 valence electrons. The lowest BCUT2D eigenvalue weighted by atomic mass is 9.72. The third-order valence-corrected chi connectivity index (χ3v) is 7.08. The van der Waals surface area contributed by atoms with E-state index in [2.05, 4.69) is 0 Å². The van der Waals surface area contributed by atoms with E-state index in [1.807, 2.05) is 91.0 Å². The number of para-hydroxylation sites is 2. The first-order valence-electron chi connectivity index (χ1n) is 12.2. The van der Waals surface area contributed by atoms with E-state index >= 15 is 0 Å². The molecule has 0 aromatic heterocycles. The topological polar surface area (TPSA) is 70.1 Å². The average molecular weight is 471 g/mol. The van der Waals surface area contributed by atoms with Gasteiger partial charge in [-0.2, -0.15) is 0 Å². The molecule has 3 aromatic rings. The van der Waals surface area contributed by atoms with Gasteiger partial charge in [0.2, 0.25) is 0 Å². The first-order chi connectivity index (χ1) is 17.1. The van der Waals surface area contributed by atoms with Crippen LogP contribution in [0.1, 0.15) is 24.8 Å². The zero-order chi connectivity index (χ0) is 24.2. The van der Waals surface area contributed by atoms with Crippen LogP contribution in [-0.2, 0) is 16.1 Å². The van der Waals surface area contributed by atoms with Gasteiger partial charge in [0.25, 0.3) is 0 Å². The summed E-state index contributed by atoms with van der Waals surface area (Å²) in [5, 5.41) is 10.2. The second-order valence-electron chi connectivity index (χ2n) is 9.48. The molecule has 35 heavy (non-hydrogen) atoms. The molecule has 1 saturated carbocycles. The third-order valence-electron chi connectivity index (χ3n) is 7.08. The van der Waals surface area contributed by atoms with E-state index in [0.29, 0.717) is 30.9 Å². The fraction of sp³-hybridized carbons (Fsp3) is 0.310. The minimum atomic E-state index is -0.952. The number of nitrogens with zero attached hydrogens (tertiary/aromatic N) is 2. The van der Waals surface area contributed by atoms with Crippen molar-refractivity contribution in [1.29, 1.82) is 0 Å². The number of hydrogen-bond donors (Lipinski definition) is 1. The Labute approximate surface area is 205 Å². The summed E-state index contributed by atoms with van der Waals surface area (Å²) in [6.07, 6.45) is 2.27. The van der Waals surface area contributed by atoms with Crippen molar-refractivity contribution >= 4 is 23.4 Å². The van der Waals surface area contributed by atoms with Crippen molar-refractivity contribution < 1.29 is 19.4 Å². The smallest absolute Gasteiger partial charge is 0.329 e. The monoisotopic (exact) mass is 470 g/mol. The van der Waals surface area contributed by atoms with Crippen molar-refractivity contribution in [1.82, 2.24) is 4.90 Å². The number of rotatable bonds is 6. The summed E-state index contributed by atoms with van der Waals surface area (Å²) in [6, 6.07) is 27.7. The molecule has 1 saturated heterocycles. The maximum atomic E-state index is 14.0. The van der Waals surface area contributed by atoms with Crippen LogP contribution in [0.5, 0.6) is 0 Å². The number of aliphatic carboxylic acids is 1. The molecule has 6 heteroatoms. The lowest BCUT2D eigenvalue weighted by Gasteiger charge is -2.48. The van der Waals surface area contributed by atoms with Crippen LogP contribution in [0, 0.1) is 11.8 Å². The number of ether oxygens (including phenoxy) is 1. The van der Waals surface area contributed by atoms with Gasteiger partial charge in [0.1, 0.15) is 6.04 Å². The molecule has 4 atom stereocenters. The first kappa shape index (κ1) is 23.1. The van der Waals surface area contributed by atoms with Gasteiger partial charge in [0, 0.05) is 6.54 Å². The Bertz CT molecular complexity index is 1100. The number of likely N-dealkylation sites (tertiary alicyclic amines) is 1. The lowest BCUT2D eigenvalue weighted by molar-refractivity contribution is -0.149. The molecule has 1 heterocycles. The fourth-order valence-electron chi connectivity index (χ4n) is 5.59. The van der Waals surface area contributed by atoms with E-state index in [4.69, 9.17) is 4.74 Å². The molecule has 2 amide bonds. The highest BCUT2D eigenvalue weighted by molar-refractivity contribution is 6.01. The second-order valence-corrected chi connectivity index (χ2v) is 9.48. The predicted molar refractivity (Wildman–Crippen MR) is 134 cm³/mol. The summed E-state index contributed by atoms with van der Waals surface area (Å²) in [7, 11) is 0. The van der Waals surface area contributed by atoms with Gasteiger partial charge in [-0.15, -0.1) is 0 Å². The van der Waals surface area contributed by atoms with Gasteiger partial charge in [0.15, 0.2) is 0 Å². The summed E-state index contributed by atoms with van der Waals surface area (Å²) in [5.41, 5.74) is 2.54. The summed E-state index contributed by atoms with van der Waals surface area (Å²) in [4.78, 5) is 29.7. The molecule has 0 spiro atoms. The van der Waals surface area contributed by atoms with Crippen molar-refractivity contribution in [2.24, 2.45) is 11.8 Å². The molecule has 2 aliphatic rings. The van der Waals surface area contributed by atoms with E-state index in [9.17, 15) is 14.7 Å². The number of urea groups is 1. The molecule has 2 bridgehead atoms. The van der Waals surface area contributed by atoms with Crippen molar-refractivity contribution in [3.8, 4) is 0 Å². The van der Waals surface area contributed by atoms with E-state index in [1.54, 1.807) is 9.80 Å². The Morgan fingerprint density at radius 2 is 1.40 bits per heavy atom. The summed E-state index contributed by atoms with van der Waals surface area (Å²) in [5.74, 6) is -0.882. The van der Waals surface area contributed by atoms with Crippen molar-refractivity contribution in [2.75, 3.05) is 11.4 Å². The predicted octanol–water partition coefficient (Wildman–Crippen LogP) is 5.72. The van der Waals surface area contributed by atoms with Gasteiger partial charge >= 0.3 is 12.0 Å². The van der Waals surface area contributed by atoms with E-state index in [0.717, 1.165) is 18.4 Å². The number of amides is 2. The van der Waals surface area contributed by atoms with Crippen molar-refractivity contribution in [3.05, 3.63) is 96.6 Å². The van der Waals surface area contributed by atoms with Crippen LogP contribution in [0.25, 0.3) is 0 Å². The number of fused-ring (bicyclic) bond motifs is 2. The van der Waals surface area contributed by atoms with Crippen LogP contribution < -0.4 is 4.90 Å². The first-order valence-corrected chi connectivity index (χ1v) is 12.2. The zero-order valence-corrected chi connectivity index (χ0v) is 19.6. The molecule has 3 unspecified atom stereocenters. The molecular formula is C29H30N2O4. The number of carbonyl (C=O) groups excluding carboxylic acids is 1. The van der Waals surface area contributed by atoms with Crippen LogP contribution in [0.4, 0.5) is 16.2 Å². The molecule has 0 radical (unpaired) electrons. The van der Waals surface area contributed by atoms with Crippen LogP contribution in [0.2, 0.25) is 0 Å². The lowest BCUT2D eigenvalue weighted by Crippen LogP contribution is -2.60. The highest BCUT2D eigenvalue weighted by Crippen LogP contribution is 2.41. The Morgan fingerprint density at radius 1 is 0.829 bits per heavy atom. The zero-order valence-electron chi connectivity index (χ0n) is 19.6. The molecule has 6 nitrogen and oxygen atoms in total. The fourth-order valence-corrected chi connectivity index (χ4v) is 5.59. The molecular weight excluding hydrogens is 440 g/mol. The number of carboxylic acids is 1.